The Labute approximate surface area is 70.4 Å². The average molecular weight is 153 g/mol. The van der Waals surface area contributed by atoms with E-state index in [9.17, 15) is 0 Å². The number of nitrogens with zero attached hydrogens (tertiary/aromatic N) is 1. The van der Waals surface area contributed by atoms with Crippen molar-refractivity contribution in [1.82, 2.24) is 4.90 Å². The van der Waals surface area contributed by atoms with E-state index in [1.807, 2.05) is 18.1 Å². The minimum absolute atomic E-state index is 0.641. The predicted octanol–water partition coefficient (Wildman–Crippen LogP) is 3.01. The van der Waals surface area contributed by atoms with Crippen molar-refractivity contribution in [3.8, 4) is 0 Å². The number of allylic oxidation sites excluding steroid dienone is 1. The fraction of sp³-hybridized carbons (Fsp3) is 0.600. The number of rotatable bonds is 4. The zero-order valence-corrected chi connectivity index (χ0v) is 8.09. The molecule has 1 nitrogen and oxygen atoms in total. The second kappa shape index (κ2) is 5.00. The van der Waals surface area contributed by atoms with E-state index in [1.54, 1.807) is 0 Å². The molecule has 0 rings (SSSR count). The van der Waals surface area contributed by atoms with Crippen molar-refractivity contribution in [3.63, 3.8) is 0 Å². The zero-order chi connectivity index (χ0) is 8.85. The molecule has 0 bridgehead atoms. The van der Waals surface area contributed by atoms with Gasteiger partial charge in [0.05, 0.1) is 0 Å². The summed E-state index contributed by atoms with van der Waals surface area (Å²) in [4.78, 5) is 2.00. The molecule has 0 heterocycles. The van der Waals surface area contributed by atoms with Crippen molar-refractivity contribution < 1.29 is 0 Å². The third kappa shape index (κ3) is 3.87. The van der Waals surface area contributed by atoms with Gasteiger partial charge in [0, 0.05) is 13.2 Å². The maximum atomic E-state index is 3.69. The quantitative estimate of drug-likeness (QED) is 0.600. The molecule has 0 aromatic carbocycles. The molecule has 0 fully saturated rings. The summed E-state index contributed by atoms with van der Waals surface area (Å²) < 4.78 is 0. The fourth-order valence-corrected chi connectivity index (χ4v) is 0.963. The summed E-state index contributed by atoms with van der Waals surface area (Å²) in [6.45, 7) is 10.3. The average Bonchev–Trinajstić information content (AvgIpc) is 1.99. The van der Waals surface area contributed by atoms with Crippen molar-refractivity contribution in [2.24, 2.45) is 5.92 Å². The van der Waals surface area contributed by atoms with Crippen LogP contribution in [-0.2, 0) is 0 Å². The Hall–Kier alpha value is -0.720. The molecule has 0 aliphatic carbocycles. The van der Waals surface area contributed by atoms with E-state index in [2.05, 4.69) is 33.6 Å². The molecule has 0 unspecified atom stereocenters. The molecular weight excluding hydrogens is 134 g/mol. The molecule has 0 saturated carbocycles. The van der Waals surface area contributed by atoms with Gasteiger partial charge in [0.1, 0.15) is 0 Å². The first-order valence-corrected chi connectivity index (χ1v) is 4.16. The lowest BCUT2D eigenvalue weighted by Crippen LogP contribution is -2.04. The van der Waals surface area contributed by atoms with E-state index < -0.39 is 0 Å². The van der Waals surface area contributed by atoms with Crippen molar-refractivity contribution in [2.75, 3.05) is 7.05 Å². The summed E-state index contributed by atoms with van der Waals surface area (Å²) >= 11 is 0. The van der Waals surface area contributed by atoms with Crippen LogP contribution in [0.5, 0.6) is 0 Å². The number of hydrogen-bond donors (Lipinski definition) is 0. The van der Waals surface area contributed by atoms with Crippen LogP contribution in [0.25, 0.3) is 0 Å². The SMILES string of the molecule is C=CN(C)/C=C(\CC)C(C)C. The maximum absolute atomic E-state index is 3.69. The van der Waals surface area contributed by atoms with Gasteiger partial charge in [-0.25, -0.2) is 0 Å². The van der Waals surface area contributed by atoms with Crippen LogP contribution in [0.1, 0.15) is 27.2 Å². The normalized spacial score (nSPS) is 11.9. The van der Waals surface area contributed by atoms with Gasteiger partial charge in [0.2, 0.25) is 0 Å². The predicted molar refractivity (Wildman–Crippen MR) is 51.2 cm³/mol. The van der Waals surface area contributed by atoms with Crippen LogP contribution in [0, 0.1) is 5.92 Å². The highest BCUT2D eigenvalue weighted by molar-refractivity contribution is 5.04. The topological polar surface area (TPSA) is 3.24 Å². The van der Waals surface area contributed by atoms with E-state index in [0.717, 1.165) is 6.42 Å². The summed E-state index contributed by atoms with van der Waals surface area (Å²) in [5, 5.41) is 0. The molecule has 0 radical (unpaired) electrons. The molecule has 0 aromatic rings. The lowest BCUT2D eigenvalue weighted by Gasteiger charge is -2.13. The van der Waals surface area contributed by atoms with Crippen molar-refractivity contribution in [3.05, 3.63) is 24.6 Å². The molecule has 11 heavy (non-hydrogen) atoms. The molecule has 1 heteroatoms. The van der Waals surface area contributed by atoms with E-state index >= 15 is 0 Å². The smallest absolute Gasteiger partial charge is 0.0106 e. The minimum atomic E-state index is 0.641. The molecule has 0 spiro atoms. The summed E-state index contributed by atoms with van der Waals surface area (Å²) in [6.07, 6.45) is 5.09. The van der Waals surface area contributed by atoms with Crippen molar-refractivity contribution >= 4 is 0 Å². The van der Waals surface area contributed by atoms with E-state index in [4.69, 9.17) is 0 Å². The van der Waals surface area contributed by atoms with Gasteiger partial charge in [-0.1, -0.05) is 32.9 Å². The van der Waals surface area contributed by atoms with Gasteiger partial charge < -0.3 is 4.90 Å². The van der Waals surface area contributed by atoms with Crippen LogP contribution in [0.15, 0.2) is 24.6 Å². The molecule has 0 atom stereocenters. The first-order valence-electron chi connectivity index (χ1n) is 4.16. The standard InChI is InChI=1S/C10H19N/c1-6-10(9(3)4)8-11(5)7-2/h7-9H,2,6H2,1,3-5H3/b10-8+. The van der Waals surface area contributed by atoms with Gasteiger partial charge in [0.25, 0.3) is 0 Å². The second-order valence-electron chi connectivity index (χ2n) is 3.06. The monoisotopic (exact) mass is 153 g/mol. The third-order valence-corrected chi connectivity index (χ3v) is 1.81. The lowest BCUT2D eigenvalue weighted by molar-refractivity contribution is 0.594. The first kappa shape index (κ1) is 10.3. The van der Waals surface area contributed by atoms with Crippen LogP contribution >= 0.6 is 0 Å². The molecule has 0 saturated heterocycles. The maximum Gasteiger partial charge on any atom is 0.0106 e. The van der Waals surface area contributed by atoms with E-state index in [-0.39, 0.29) is 0 Å². The van der Waals surface area contributed by atoms with Crippen molar-refractivity contribution in [2.45, 2.75) is 27.2 Å². The lowest BCUT2D eigenvalue weighted by atomic mass is 10.0. The van der Waals surface area contributed by atoms with Crippen LogP contribution in [0.3, 0.4) is 0 Å². The Morgan fingerprint density at radius 2 is 2.09 bits per heavy atom. The Kier molecular flexibility index (Phi) is 4.67. The Bertz CT molecular complexity index is 145. The van der Waals surface area contributed by atoms with Gasteiger partial charge >= 0.3 is 0 Å². The molecule has 0 aromatic heterocycles. The zero-order valence-electron chi connectivity index (χ0n) is 8.09. The summed E-state index contributed by atoms with van der Waals surface area (Å²) in [6, 6.07) is 0. The minimum Gasteiger partial charge on any atom is -0.358 e. The second-order valence-corrected chi connectivity index (χ2v) is 3.06. The number of hydrogen-bond acceptors (Lipinski definition) is 1. The fourth-order valence-electron chi connectivity index (χ4n) is 0.963. The highest BCUT2D eigenvalue weighted by Crippen LogP contribution is 2.13. The van der Waals surface area contributed by atoms with Gasteiger partial charge in [-0.05, 0) is 18.5 Å². The van der Waals surface area contributed by atoms with Crippen LogP contribution in [0.4, 0.5) is 0 Å². The molecule has 0 aliphatic heterocycles. The third-order valence-electron chi connectivity index (χ3n) is 1.81. The molecule has 64 valence electrons. The molecule has 0 aliphatic rings. The van der Waals surface area contributed by atoms with Crippen molar-refractivity contribution in [1.29, 1.82) is 0 Å². The summed E-state index contributed by atoms with van der Waals surface area (Å²) in [5.41, 5.74) is 1.47. The summed E-state index contributed by atoms with van der Waals surface area (Å²) in [7, 11) is 2.00. The van der Waals surface area contributed by atoms with Gasteiger partial charge in [-0.15, -0.1) is 0 Å². The molecular formula is C10H19N. The largest absolute Gasteiger partial charge is 0.358 e. The Morgan fingerprint density at radius 1 is 1.55 bits per heavy atom. The van der Waals surface area contributed by atoms with Crippen LogP contribution < -0.4 is 0 Å². The van der Waals surface area contributed by atoms with E-state index in [0.29, 0.717) is 5.92 Å². The van der Waals surface area contributed by atoms with Gasteiger partial charge in [-0.3, -0.25) is 0 Å². The Balaban J connectivity index is 4.21. The van der Waals surface area contributed by atoms with E-state index in [1.165, 1.54) is 5.57 Å². The van der Waals surface area contributed by atoms with Gasteiger partial charge in [0.15, 0.2) is 0 Å². The van der Waals surface area contributed by atoms with Gasteiger partial charge in [-0.2, -0.15) is 0 Å². The first-order chi connectivity index (χ1) is 5.11. The highest BCUT2D eigenvalue weighted by atomic mass is 15.0. The highest BCUT2D eigenvalue weighted by Gasteiger charge is 1.99. The summed E-state index contributed by atoms with van der Waals surface area (Å²) in [5.74, 6) is 0.641. The van der Waals surface area contributed by atoms with Crippen LogP contribution in [-0.4, -0.2) is 11.9 Å². The van der Waals surface area contributed by atoms with Crippen LogP contribution in [0.2, 0.25) is 0 Å². The Morgan fingerprint density at radius 3 is 2.36 bits per heavy atom. The molecule has 0 amide bonds. The molecule has 0 N–H and O–H groups in total.